The topological polar surface area (TPSA) is 60.5 Å². The second-order valence-corrected chi connectivity index (χ2v) is 1.99. The summed E-state index contributed by atoms with van der Waals surface area (Å²) < 4.78 is 0. The van der Waals surface area contributed by atoms with Gasteiger partial charge in [-0.2, -0.15) is 10.4 Å². The Morgan fingerprint density at radius 1 is 1.89 bits per heavy atom. The average molecular weight is 130 g/mol. The van der Waals surface area contributed by atoms with E-state index in [-0.39, 0.29) is 4.92 Å². The lowest BCUT2D eigenvalue weighted by molar-refractivity contribution is -0.546. The molecule has 1 heterocycles. The van der Waals surface area contributed by atoms with Crippen molar-refractivity contribution >= 4 is 0 Å². The highest BCUT2D eigenvalue weighted by molar-refractivity contribution is 4.62. The van der Waals surface area contributed by atoms with Crippen LogP contribution in [0.25, 0.3) is 0 Å². The Balaban J connectivity index is 2.49. The largest absolute Gasteiger partial charge is 0.282 e. The first kappa shape index (κ1) is 6.44. The van der Waals surface area contributed by atoms with Crippen molar-refractivity contribution in [2.45, 2.75) is 12.6 Å². The van der Waals surface area contributed by atoms with Crippen LogP contribution < -0.4 is 5.43 Å². The summed E-state index contributed by atoms with van der Waals surface area (Å²) >= 11 is 0. The van der Waals surface area contributed by atoms with Gasteiger partial charge in [-0.15, -0.1) is 0 Å². The molecule has 0 aromatic carbocycles. The fourth-order valence-electron chi connectivity index (χ4n) is 0.854. The maximum Gasteiger partial charge on any atom is 0.282 e. The van der Waals surface area contributed by atoms with Gasteiger partial charge in [-0.3, -0.25) is 10.1 Å². The molecule has 1 fully saturated rings. The van der Waals surface area contributed by atoms with E-state index in [2.05, 4.69) is 5.43 Å². The second-order valence-electron chi connectivity index (χ2n) is 1.99. The van der Waals surface area contributed by atoms with Crippen molar-refractivity contribution in [3.8, 4) is 0 Å². The lowest BCUT2D eigenvalue weighted by atomic mass is 10.4. The van der Waals surface area contributed by atoms with Crippen molar-refractivity contribution < 1.29 is 4.92 Å². The molecule has 0 bridgehead atoms. The van der Waals surface area contributed by atoms with Crippen LogP contribution in [-0.2, 0) is 0 Å². The lowest BCUT2D eigenvalue weighted by Gasteiger charge is -2.07. The Morgan fingerprint density at radius 3 is 2.78 bits per heavy atom. The molecule has 0 aliphatic carbocycles. The summed E-state index contributed by atoms with van der Waals surface area (Å²) in [7, 11) is 1.63. The summed E-state index contributed by atoms with van der Waals surface area (Å²) in [4.78, 5) is 9.81. The quantitative estimate of drug-likeness (QED) is 0.353. The first-order valence-corrected chi connectivity index (χ1v) is 2.75. The van der Waals surface area contributed by atoms with Gasteiger partial charge in [0.25, 0.3) is 6.17 Å². The first-order chi connectivity index (χ1) is 4.22. The molecule has 5 heteroatoms. The van der Waals surface area contributed by atoms with Crippen LogP contribution in [0.3, 0.4) is 0 Å². The molecule has 5 nitrogen and oxygen atoms in total. The average Bonchev–Trinajstić information content (AvgIpc) is 2.13. The molecule has 0 amide bonds. The normalized spacial score (nSPS) is 28.8. The second kappa shape index (κ2) is 2.28. The van der Waals surface area contributed by atoms with Gasteiger partial charge in [0.2, 0.25) is 0 Å². The standard InChI is InChI=1S/C4H8N3O2/c1-6-4(7(8)9)2-3-5-6/h4H,2-3H2,1H3. The van der Waals surface area contributed by atoms with E-state index < -0.39 is 6.17 Å². The molecule has 0 N–H and O–H groups in total. The van der Waals surface area contributed by atoms with Crippen LogP contribution in [0.1, 0.15) is 6.42 Å². The number of hydrogen-bond donors (Lipinski definition) is 0. The smallest absolute Gasteiger partial charge is 0.263 e. The van der Waals surface area contributed by atoms with E-state index in [9.17, 15) is 10.1 Å². The van der Waals surface area contributed by atoms with Gasteiger partial charge in [-0.05, 0) is 0 Å². The molecule has 0 spiro atoms. The molecule has 1 unspecified atom stereocenters. The molecule has 1 radical (unpaired) electrons. The van der Waals surface area contributed by atoms with E-state index in [0.29, 0.717) is 13.0 Å². The third kappa shape index (κ3) is 1.17. The van der Waals surface area contributed by atoms with Crippen LogP contribution >= 0.6 is 0 Å². The van der Waals surface area contributed by atoms with Gasteiger partial charge >= 0.3 is 0 Å². The fraction of sp³-hybridized carbons (Fsp3) is 1.00. The monoisotopic (exact) mass is 130 g/mol. The van der Waals surface area contributed by atoms with E-state index >= 15 is 0 Å². The molecule has 1 atom stereocenters. The maximum absolute atomic E-state index is 10.1. The third-order valence-corrected chi connectivity index (χ3v) is 1.39. The van der Waals surface area contributed by atoms with Gasteiger partial charge in [0.05, 0.1) is 0 Å². The minimum atomic E-state index is -0.579. The Kier molecular flexibility index (Phi) is 1.63. The van der Waals surface area contributed by atoms with Crippen molar-refractivity contribution in [1.29, 1.82) is 0 Å². The minimum Gasteiger partial charge on any atom is -0.263 e. The van der Waals surface area contributed by atoms with Crippen molar-refractivity contribution in [2.24, 2.45) is 0 Å². The molecular weight excluding hydrogens is 122 g/mol. The first-order valence-electron chi connectivity index (χ1n) is 2.75. The van der Waals surface area contributed by atoms with Crippen molar-refractivity contribution in [3.63, 3.8) is 0 Å². The van der Waals surface area contributed by atoms with E-state index in [1.54, 1.807) is 7.05 Å². The van der Waals surface area contributed by atoms with Crippen LogP contribution in [0.2, 0.25) is 0 Å². The summed E-state index contributed by atoms with van der Waals surface area (Å²) in [6.07, 6.45) is -0.0336. The summed E-state index contributed by atoms with van der Waals surface area (Å²) in [6.45, 7) is 0.585. The van der Waals surface area contributed by atoms with Crippen LogP contribution in [0.5, 0.6) is 0 Å². The van der Waals surface area contributed by atoms with Crippen LogP contribution in [-0.4, -0.2) is 29.7 Å². The molecule has 0 aromatic rings. The minimum absolute atomic E-state index is 0.309. The predicted molar refractivity (Wildman–Crippen MR) is 30.2 cm³/mol. The van der Waals surface area contributed by atoms with Crippen molar-refractivity contribution in [1.82, 2.24) is 10.4 Å². The van der Waals surface area contributed by atoms with Gasteiger partial charge in [0.1, 0.15) is 0 Å². The summed E-state index contributed by atoms with van der Waals surface area (Å²) in [5.74, 6) is 0. The Bertz CT molecular complexity index is 127. The van der Waals surface area contributed by atoms with E-state index in [1.807, 2.05) is 0 Å². The number of nitrogens with zero attached hydrogens (tertiary/aromatic N) is 3. The molecule has 1 saturated heterocycles. The Labute approximate surface area is 52.8 Å². The van der Waals surface area contributed by atoms with Crippen molar-refractivity contribution in [2.75, 3.05) is 13.6 Å². The summed E-state index contributed by atoms with van der Waals surface area (Å²) in [6, 6.07) is 0. The number of rotatable bonds is 1. The third-order valence-electron chi connectivity index (χ3n) is 1.39. The van der Waals surface area contributed by atoms with Crippen LogP contribution in [0.4, 0.5) is 0 Å². The molecule has 9 heavy (non-hydrogen) atoms. The van der Waals surface area contributed by atoms with E-state index in [0.717, 1.165) is 0 Å². The van der Waals surface area contributed by atoms with E-state index in [1.165, 1.54) is 5.01 Å². The zero-order valence-corrected chi connectivity index (χ0v) is 5.15. The van der Waals surface area contributed by atoms with Gasteiger partial charge in [0.15, 0.2) is 0 Å². The number of hydrogen-bond acceptors (Lipinski definition) is 3. The molecule has 1 rings (SSSR count). The lowest BCUT2D eigenvalue weighted by Crippen LogP contribution is -2.34. The predicted octanol–water partition coefficient (Wildman–Crippen LogP) is -0.556. The van der Waals surface area contributed by atoms with Crippen molar-refractivity contribution in [3.05, 3.63) is 10.1 Å². The molecule has 0 saturated carbocycles. The molecular formula is C4H8N3O2. The summed E-state index contributed by atoms with van der Waals surface area (Å²) in [5, 5.41) is 11.5. The highest BCUT2D eigenvalue weighted by atomic mass is 16.6. The van der Waals surface area contributed by atoms with E-state index in [4.69, 9.17) is 0 Å². The number of nitro groups is 1. The summed E-state index contributed by atoms with van der Waals surface area (Å²) in [5.41, 5.74) is 3.83. The molecule has 1 aliphatic heterocycles. The van der Waals surface area contributed by atoms with Gasteiger partial charge in [-0.25, -0.2) is 0 Å². The maximum atomic E-state index is 10.1. The zero-order valence-electron chi connectivity index (χ0n) is 5.15. The Morgan fingerprint density at radius 2 is 2.56 bits per heavy atom. The SMILES string of the molecule is CN1[N]CCC1[N+](=O)[O-]. The highest BCUT2D eigenvalue weighted by Gasteiger charge is 2.31. The van der Waals surface area contributed by atoms with Gasteiger partial charge in [0, 0.05) is 24.9 Å². The molecule has 51 valence electrons. The zero-order chi connectivity index (χ0) is 6.85. The van der Waals surface area contributed by atoms with Crippen LogP contribution in [0, 0.1) is 10.1 Å². The fourth-order valence-corrected chi connectivity index (χ4v) is 0.854. The van der Waals surface area contributed by atoms with Crippen LogP contribution in [0.15, 0.2) is 0 Å². The molecule has 0 aromatic heterocycles. The highest BCUT2D eigenvalue weighted by Crippen LogP contribution is 2.06. The van der Waals surface area contributed by atoms with Gasteiger partial charge in [-0.1, -0.05) is 0 Å². The Hall–Kier alpha value is -0.680. The van der Waals surface area contributed by atoms with Gasteiger partial charge < -0.3 is 0 Å². The molecule has 1 aliphatic rings.